The molecule has 0 saturated carbocycles. The van der Waals surface area contributed by atoms with E-state index < -0.39 is 54.1 Å². The van der Waals surface area contributed by atoms with Crippen LogP contribution in [0.15, 0.2) is 52.1 Å². The predicted molar refractivity (Wildman–Crippen MR) is 96.5 cm³/mol. The third-order valence-electron chi connectivity index (χ3n) is 4.25. The Kier molecular flexibility index (Phi) is 6.06. The lowest BCUT2D eigenvalue weighted by Gasteiger charge is -2.39. The molecule has 2 heterocycles. The summed E-state index contributed by atoms with van der Waals surface area (Å²) in [5.74, 6) is -2.24. The van der Waals surface area contributed by atoms with Crippen LogP contribution in [0, 0.1) is 5.82 Å². The summed E-state index contributed by atoms with van der Waals surface area (Å²) in [6.45, 7) is 0. The van der Waals surface area contributed by atoms with Crippen LogP contribution in [-0.4, -0.2) is 35.6 Å². The molecule has 160 valence electrons. The number of aromatic nitrogens is 1. The van der Waals surface area contributed by atoms with Gasteiger partial charge in [0.2, 0.25) is 5.60 Å². The summed E-state index contributed by atoms with van der Waals surface area (Å²) in [6.07, 6.45) is -10.1. The Labute approximate surface area is 174 Å². The van der Waals surface area contributed by atoms with E-state index in [4.69, 9.17) is 4.74 Å². The van der Waals surface area contributed by atoms with Crippen molar-refractivity contribution in [2.75, 3.05) is 0 Å². The molecule has 0 unspecified atom stereocenters. The number of pyridine rings is 1. The molecule has 1 aliphatic rings. The maximum atomic E-state index is 14.3. The minimum Gasteiger partial charge on any atom is -0.445 e. The fraction of sp³-hybridized carbons (Fsp3) is 0.278. The van der Waals surface area contributed by atoms with Crippen molar-refractivity contribution < 1.29 is 35.9 Å². The van der Waals surface area contributed by atoms with Gasteiger partial charge in [0, 0.05) is 12.0 Å². The van der Waals surface area contributed by atoms with Crippen molar-refractivity contribution in [3.8, 4) is 0 Å². The second kappa shape index (κ2) is 8.25. The smallest absolute Gasteiger partial charge is 0.411 e. The summed E-state index contributed by atoms with van der Waals surface area (Å²) >= 11 is 2.88. The first-order valence-electron chi connectivity index (χ1n) is 8.33. The number of amidine groups is 1. The van der Waals surface area contributed by atoms with Gasteiger partial charge in [0.1, 0.15) is 16.1 Å². The molecule has 3 rings (SSSR count). The SMILES string of the molecule is O=C(NC1=N[C@H](C(F)(F)F)C[C@@](c2nc(Br)ccc2F)(C(F)F)O1)c1ccccc1. The zero-order valence-corrected chi connectivity index (χ0v) is 16.3. The number of ether oxygens (including phenoxy) is 1. The van der Waals surface area contributed by atoms with E-state index in [2.05, 4.69) is 25.9 Å². The van der Waals surface area contributed by atoms with Gasteiger partial charge in [-0.15, -0.1) is 0 Å². The molecule has 0 radical (unpaired) electrons. The number of benzene rings is 1. The number of aliphatic imine (C=N–C) groups is 1. The maximum Gasteiger partial charge on any atom is 0.411 e. The van der Waals surface area contributed by atoms with Crippen LogP contribution in [0.3, 0.4) is 0 Å². The number of carbonyl (C=O) groups is 1. The number of alkyl halides is 5. The Morgan fingerprint density at radius 3 is 2.47 bits per heavy atom. The Balaban J connectivity index is 2.06. The Hall–Kier alpha value is -2.63. The van der Waals surface area contributed by atoms with Crippen LogP contribution >= 0.6 is 15.9 Å². The van der Waals surface area contributed by atoms with Crippen molar-refractivity contribution in [2.45, 2.75) is 30.7 Å². The average molecular weight is 496 g/mol. The fourth-order valence-corrected chi connectivity index (χ4v) is 3.13. The van der Waals surface area contributed by atoms with Crippen molar-refractivity contribution in [1.82, 2.24) is 10.3 Å². The van der Waals surface area contributed by atoms with Crippen LogP contribution in [0.4, 0.5) is 26.3 Å². The number of nitrogens with one attached hydrogen (secondary N) is 1. The van der Waals surface area contributed by atoms with Crippen LogP contribution in [0.5, 0.6) is 0 Å². The molecule has 1 N–H and O–H groups in total. The first-order valence-corrected chi connectivity index (χ1v) is 9.13. The summed E-state index contributed by atoms with van der Waals surface area (Å²) in [7, 11) is 0. The number of rotatable bonds is 3. The predicted octanol–water partition coefficient (Wildman–Crippen LogP) is 4.58. The number of halogens is 7. The van der Waals surface area contributed by atoms with Crippen LogP contribution in [0.25, 0.3) is 0 Å². The molecule has 1 aromatic heterocycles. The number of hydrogen-bond donors (Lipinski definition) is 1. The van der Waals surface area contributed by atoms with E-state index in [1.807, 2.05) is 5.32 Å². The molecule has 1 aliphatic heterocycles. The first-order chi connectivity index (χ1) is 14.0. The van der Waals surface area contributed by atoms with Crippen molar-refractivity contribution in [3.05, 3.63) is 64.1 Å². The highest BCUT2D eigenvalue weighted by Crippen LogP contribution is 2.44. The minimum absolute atomic E-state index is 0.0207. The number of carbonyl (C=O) groups excluding carboxylic acids is 1. The monoisotopic (exact) mass is 495 g/mol. The number of amides is 1. The molecular formula is C18H12BrF6N3O2. The van der Waals surface area contributed by atoms with Crippen molar-refractivity contribution in [3.63, 3.8) is 0 Å². The first kappa shape index (κ1) is 22.1. The maximum absolute atomic E-state index is 14.3. The van der Waals surface area contributed by atoms with Gasteiger partial charge in [0.15, 0.2) is 6.04 Å². The summed E-state index contributed by atoms with van der Waals surface area (Å²) < 4.78 is 87.7. The van der Waals surface area contributed by atoms with Crippen LogP contribution in [0.1, 0.15) is 22.5 Å². The second-order valence-corrected chi connectivity index (χ2v) is 7.09. The molecule has 2 atom stereocenters. The molecule has 0 bridgehead atoms. The highest BCUT2D eigenvalue weighted by Gasteiger charge is 2.57. The van der Waals surface area contributed by atoms with Gasteiger partial charge < -0.3 is 4.74 Å². The molecule has 0 fully saturated rings. The third kappa shape index (κ3) is 4.42. The summed E-state index contributed by atoms with van der Waals surface area (Å²) in [4.78, 5) is 19.1. The summed E-state index contributed by atoms with van der Waals surface area (Å²) in [6, 6.07) is 5.30. The standard InChI is InChI=1S/C18H12BrF6N3O2/c19-12-7-6-10(20)13(27-12)17(15(21)22)8-11(18(23,24)25)26-16(30-17)28-14(29)9-4-2-1-3-5-9/h1-7,11,15H,8H2,(H,26,28,29)/t11-,17+/m0/s1. The van der Waals surface area contributed by atoms with E-state index >= 15 is 0 Å². The van der Waals surface area contributed by atoms with Crippen LogP contribution < -0.4 is 5.32 Å². The Morgan fingerprint density at radius 1 is 1.20 bits per heavy atom. The molecule has 1 aromatic carbocycles. The molecule has 0 spiro atoms. The molecule has 30 heavy (non-hydrogen) atoms. The normalized spacial score (nSPS) is 21.7. The highest BCUT2D eigenvalue weighted by atomic mass is 79.9. The number of hydrogen-bond acceptors (Lipinski definition) is 4. The lowest BCUT2D eigenvalue weighted by Crippen LogP contribution is -2.53. The lowest BCUT2D eigenvalue weighted by molar-refractivity contribution is -0.185. The Bertz CT molecular complexity index is 970. The second-order valence-electron chi connectivity index (χ2n) is 6.27. The van der Waals surface area contributed by atoms with Gasteiger partial charge in [-0.1, -0.05) is 18.2 Å². The molecule has 12 heteroatoms. The quantitative estimate of drug-likeness (QED) is 0.500. The van der Waals surface area contributed by atoms with E-state index in [0.29, 0.717) is 0 Å². The van der Waals surface area contributed by atoms with E-state index in [1.54, 1.807) is 6.07 Å². The summed E-state index contributed by atoms with van der Waals surface area (Å²) in [5.41, 5.74) is -4.15. The van der Waals surface area contributed by atoms with E-state index in [9.17, 15) is 31.1 Å². The highest BCUT2D eigenvalue weighted by molar-refractivity contribution is 9.10. The zero-order chi connectivity index (χ0) is 22.1. The largest absolute Gasteiger partial charge is 0.445 e. The molecule has 1 amide bonds. The van der Waals surface area contributed by atoms with E-state index in [1.165, 1.54) is 24.3 Å². The molecule has 2 aromatic rings. The lowest BCUT2D eigenvalue weighted by atomic mass is 9.89. The van der Waals surface area contributed by atoms with Gasteiger partial charge in [0.05, 0.1) is 0 Å². The van der Waals surface area contributed by atoms with Crippen molar-refractivity contribution in [1.29, 1.82) is 0 Å². The van der Waals surface area contributed by atoms with Gasteiger partial charge in [-0.3, -0.25) is 10.1 Å². The Morgan fingerprint density at radius 2 is 1.87 bits per heavy atom. The van der Waals surface area contributed by atoms with E-state index in [0.717, 1.165) is 12.1 Å². The number of nitrogens with zero attached hydrogens (tertiary/aromatic N) is 2. The zero-order valence-electron chi connectivity index (χ0n) is 14.8. The fourth-order valence-electron chi connectivity index (χ4n) is 2.82. The third-order valence-corrected chi connectivity index (χ3v) is 4.69. The van der Waals surface area contributed by atoms with Gasteiger partial charge in [-0.2, -0.15) is 13.2 Å². The van der Waals surface area contributed by atoms with Crippen LogP contribution in [0.2, 0.25) is 0 Å². The van der Waals surface area contributed by atoms with Crippen molar-refractivity contribution >= 4 is 27.9 Å². The van der Waals surface area contributed by atoms with Gasteiger partial charge in [-0.25, -0.2) is 23.1 Å². The van der Waals surface area contributed by atoms with Gasteiger partial charge in [-0.05, 0) is 40.2 Å². The van der Waals surface area contributed by atoms with Crippen LogP contribution in [-0.2, 0) is 10.3 Å². The van der Waals surface area contributed by atoms with Gasteiger partial charge >= 0.3 is 6.18 Å². The average Bonchev–Trinajstić information content (AvgIpc) is 2.69. The topological polar surface area (TPSA) is 63.6 Å². The molecular weight excluding hydrogens is 484 g/mol. The van der Waals surface area contributed by atoms with E-state index in [-0.39, 0.29) is 10.2 Å². The minimum atomic E-state index is -5.06. The molecule has 0 aliphatic carbocycles. The summed E-state index contributed by atoms with van der Waals surface area (Å²) in [5, 5.41) is 1.94. The molecule has 5 nitrogen and oxygen atoms in total. The van der Waals surface area contributed by atoms with Crippen molar-refractivity contribution in [2.24, 2.45) is 4.99 Å². The van der Waals surface area contributed by atoms with Gasteiger partial charge in [0.25, 0.3) is 18.4 Å². The molecule has 0 saturated heterocycles.